The minimum absolute atomic E-state index is 0.120. The number of amides is 1. The maximum Gasteiger partial charge on any atom is 0.270 e. The van der Waals surface area contributed by atoms with E-state index in [-0.39, 0.29) is 15.4 Å². The zero-order chi connectivity index (χ0) is 21.2. The van der Waals surface area contributed by atoms with E-state index < -0.39 is 16.1 Å². The summed E-state index contributed by atoms with van der Waals surface area (Å²) in [5, 5.41) is 10.2. The molecule has 7 nitrogen and oxygen atoms in total. The van der Waals surface area contributed by atoms with Crippen LogP contribution in [0.5, 0.6) is 0 Å². The van der Waals surface area contributed by atoms with Crippen LogP contribution in [-0.2, 0) is 10.0 Å². The van der Waals surface area contributed by atoms with E-state index >= 15 is 0 Å². The van der Waals surface area contributed by atoms with Crippen LogP contribution in [0.15, 0.2) is 46.8 Å². The van der Waals surface area contributed by atoms with Gasteiger partial charge < -0.3 is 0 Å². The van der Waals surface area contributed by atoms with Crippen LogP contribution in [-0.4, -0.2) is 24.5 Å². The molecule has 0 aliphatic rings. The summed E-state index contributed by atoms with van der Waals surface area (Å²) < 4.78 is 27.8. The molecule has 2 aromatic carbocycles. The van der Waals surface area contributed by atoms with Crippen molar-refractivity contribution in [1.82, 2.24) is 14.9 Å². The van der Waals surface area contributed by atoms with Crippen molar-refractivity contribution < 1.29 is 13.2 Å². The van der Waals surface area contributed by atoms with Gasteiger partial charge in [-0.05, 0) is 51.0 Å². The Balaban J connectivity index is 1.72. The lowest BCUT2D eigenvalue weighted by Gasteiger charge is -2.16. The van der Waals surface area contributed by atoms with Gasteiger partial charge in [0.2, 0.25) is 9.47 Å². The van der Waals surface area contributed by atoms with Gasteiger partial charge in [0.05, 0.1) is 0 Å². The third-order valence-corrected chi connectivity index (χ3v) is 7.14. The van der Waals surface area contributed by atoms with E-state index in [1.54, 1.807) is 19.1 Å². The molecule has 0 aliphatic heterocycles. The Labute approximate surface area is 174 Å². The largest absolute Gasteiger partial charge is 0.296 e. The van der Waals surface area contributed by atoms with E-state index in [9.17, 15) is 13.2 Å². The average Bonchev–Trinajstić information content (AvgIpc) is 3.11. The summed E-state index contributed by atoms with van der Waals surface area (Å²) in [5.74, 6) is -0.373. The second kappa shape index (κ2) is 8.40. The Hall–Kier alpha value is -2.62. The van der Waals surface area contributed by atoms with E-state index in [1.807, 2.05) is 51.1 Å². The maximum atomic E-state index is 12.7. The van der Waals surface area contributed by atoms with Crippen LogP contribution in [0, 0.1) is 20.8 Å². The Morgan fingerprint density at radius 2 is 1.66 bits per heavy atom. The van der Waals surface area contributed by atoms with Crippen molar-refractivity contribution in [3.8, 4) is 0 Å². The van der Waals surface area contributed by atoms with Gasteiger partial charge in [0, 0.05) is 11.6 Å². The zero-order valence-electron chi connectivity index (χ0n) is 16.6. The van der Waals surface area contributed by atoms with Gasteiger partial charge in [-0.2, -0.15) is 0 Å². The normalized spacial score (nSPS) is 12.6. The number of hydrogen-bond donors (Lipinski definition) is 2. The van der Waals surface area contributed by atoms with E-state index in [2.05, 4.69) is 20.2 Å². The molecule has 152 valence electrons. The second-order valence-corrected chi connectivity index (χ2v) is 9.76. The number of aromatic nitrogens is 2. The monoisotopic (exact) mass is 430 g/mol. The van der Waals surface area contributed by atoms with Crippen LogP contribution >= 0.6 is 11.3 Å². The molecule has 0 aliphatic carbocycles. The summed E-state index contributed by atoms with van der Waals surface area (Å²) in [6, 6.07) is 12.4. The standard InChI is InChI=1S/C20H22N4O3S2/c1-12-5-8-16(9-6-12)18(25)21-19-22-23-20(28-19)29(26,27)24-15(4)17-10-7-13(2)11-14(17)3/h5-11,15,24H,1-4H3,(H,21,22,25)/t15-/m0/s1. The first-order chi connectivity index (χ1) is 13.7. The molecule has 0 spiro atoms. The highest BCUT2D eigenvalue weighted by Gasteiger charge is 2.24. The molecular weight excluding hydrogens is 408 g/mol. The number of benzene rings is 2. The van der Waals surface area contributed by atoms with E-state index in [4.69, 9.17) is 0 Å². The summed E-state index contributed by atoms with van der Waals surface area (Å²) in [4.78, 5) is 12.3. The number of nitrogens with one attached hydrogen (secondary N) is 2. The Morgan fingerprint density at radius 1 is 1.00 bits per heavy atom. The predicted molar refractivity (Wildman–Crippen MR) is 114 cm³/mol. The molecule has 0 fully saturated rings. The maximum absolute atomic E-state index is 12.7. The van der Waals surface area contributed by atoms with Gasteiger partial charge >= 0.3 is 0 Å². The summed E-state index contributed by atoms with van der Waals surface area (Å²) in [6.07, 6.45) is 0. The smallest absolute Gasteiger partial charge is 0.270 e. The number of hydrogen-bond acceptors (Lipinski definition) is 6. The zero-order valence-corrected chi connectivity index (χ0v) is 18.2. The number of anilines is 1. The highest BCUT2D eigenvalue weighted by atomic mass is 32.2. The van der Waals surface area contributed by atoms with Crippen LogP contribution in [0.4, 0.5) is 5.13 Å². The molecule has 3 aromatic rings. The van der Waals surface area contributed by atoms with E-state index in [0.717, 1.165) is 33.6 Å². The van der Waals surface area contributed by atoms with Crippen LogP contribution < -0.4 is 10.0 Å². The van der Waals surface area contributed by atoms with Gasteiger partial charge in [-0.3, -0.25) is 10.1 Å². The highest BCUT2D eigenvalue weighted by Crippen LogP contribution is 2.24. The first-order valence-corrected chi connectivity index (χ1v) is 11.3. The molecule has 0 unspecified atom stereocenters. The van der Waals surface area contributed by atoms with Crippen LogP contribution in [0.25, 0.3) is 0 Å². The van der Waals surface area contributed by atoms with Gasteiger partial charge in [0.1, 0.15) is 0 Å². The van der Waals surface area contributed by atoms with Crippen molar-refractivity contribution in [2.45, 2.75) is 38.1 Å². The summed E-state index contributed by atoms with van der Waals surface area (Å²) in [5.41, 5.74) is 4.49. The van der Waals surface area contributed by atoms with Gasteiger partial charge in [-0.15, -0.1) is 10.2 Å². The lowest BCUT2D eigenvalue weighted by Crippen LogP contribution is -2.27. The molecule has 0 bridgehead atoms. The highest BCUT2D eigenvalue weighted by molar-refractivity contribution is 7.91. The molecular formula is C20H22N4O3S2. The van der Waals surface area contributed by atoms with Crippen molar-refractivity contribution in [2.24, 2.45) is 0 Å². The van der Waals surface area contributed by atoms with E-state index in [1.165, 1.54) is 0 Å². The third-order valence-electron chi connectivity index (χ3n) is 4.39. The molecule has 0 radical (unpaired) electrons. The second-order valence-electron chi connectivity index (χ2n) is 6.90. The molecule has 0 saturated carbocycles. The minimum atomic E-state index is -3.88. The molecule has 9 heteroatoms. The van der Waals surface area contributed by atoms with Crippen molar-refractivity contribution >= 4 is 32.4 Å². The average molecular weight is 431 g/mol. The minimum Gasteiger partial charge on any atom is -0.296 e. The fourth-order valence-corrected chi connectivity index (χ4v) is 5.04. The third kappa shape index (κ3) is 5.06. The number of aryl methyl sites for hydroxylation is 3. The fraction of sp³-hybridized carbons (Fsp3) is 0.250. The summed E-state index contributed by atoms with van der Waals surface area (Å²) >= 11 is 0.805. The predicted octanol–water partition coefficient (Wildman–Crippen LogP) is 3.76. The van der Waals surface area contributed by atoms with Crippen molar-refractivity contribution in [3.63, 3.8) is 0 Å². The summed E-state index contributed by atoms with van der Waals surface area (Å²) in [6.45, 7) is 7.63. The number of nitrogens with zero attached hydrogens (tertiary/aromatic N) is 2. The number of carbonyl (C=O) groups is 1. The quantitative estimate of drug-likeness (QED) is 0.580. The van der Waals surface area contributed by atoms with Gasteiger partial charge in [-0.1, -0.05) is 52.8 Å². The summed E-state index contributed by atoms with van der Waals surface area (Å²) in [7, 11) is -3.88. The van der Waals surface area contributed by atoms with Gasteiger partial charge in [0.15, 0.2) is 0 Å². The van der Waals surface area contributed by atoms with Gasteiger partial charge in [-0.25, -0.2) is 13.1 Å². The van der Waals surface area contributed by atoms with E-state index in [0.29, 0.717) is 5.56 Å². The van der Waals surface area contributed by atoms with Crippen molar-refractivity contribution in [2.75, 3.05) is 5.32 Å². The molecule has 2 N–H and O–H groups in total. The Bertz CT molecular complexity index is 1140. The first-order valence-electron chi connectivity index (χ1n) is 8.97. The van der Waals surface area contributed by atoms with Crippen LogP contribution in [0.3, 0.4) is 0 Å². The number of sulfonamides is 1. The van der Waals surface area contributed by atoms with Gasteiger partial charge in [0.25, 0.3) is 15.9 Å². The Morgan fingerprint density at radius 3 is 2.31 bits per heavy atom. The van der Waals surface area contributed by atoms with Crippen molar-refractivity contribution in [3.05, 3.63) is 70.3 Å². The topological polar surface area (TPSA) is 101 Å². The molecule has 1 amide bonds. The molecule has 29 heavy (non-hydrogen) atoms. The van der Waals surface area contributed by atoms with Crippen LogP contribution in [0.1, 0.15) is 45.6 Å². The Kier molecular flexibility index (Phi) is 6.11. The molecule has 1 heterocycles. The molecule has 3 rings (SSSR count). The molecule has 1 aromatic heterocycles. The lowest BCUT2D eigenvalue weighted by molar-refractivity contribution is 0.102. The lowest BCUT2D eigenvalue weighted by atomic mass is 10.0. The van der Waals surface area contributed by atoms with Crippen molar-refractivity contribution in [1.29, 1.82) is 0 Å². The number of rotatable bonds is 6. The fourth-order valence-electron chi connectivity index (χ4n) is 2.90. The molecule has 1 atom stereocenters. The van der Waals surface area contributed by atoms with Crippen LogP contribution in [0.2, 0.25) is 0 Å². The number of carbonyl (C=O) groups excluding carboxylic acids is 1. The SMILES string of the molecule is Cc1ccc(C(=O)Nc2nnc(S(=O)(=O)N[C@@H](C)c3ccc(C)cc3C)s2)cc1. The molecule has 0 saturated heterocycles. The first kappa shape index (κ1) is 21.1.